The van der Waals surface area contributed by atoms with Gasteiger partial charge in [0, 0.05) is 15.8 Å². The molecule has 1 saturated carbocycles. The van der Waals surface area contributed by atoms with Crippen LogP contribution in [0.25, 0.3) is 0 Å². The molecule has 1 aromatic rings. The van der Waals surface area contributed by atoms with Gasteiger partial charge in [0.1, 0.15) is 0 Å². The van der Waals surface area contributed by atoms with Crippen molar-refractivity contribution in [2.75, 3.05) is 6.54 Å². The standard InChI is InChI=1S/C17H27NS/c1-2-18-17(13-8-6-7-9-13)16-12-14-10-4-3-5-11-15(14)19-16/h12-13,17-18H,2-11H2,1H3. The van der Waals surface area contributed by atoms with E-state index in [4.69, 9.17) is 0 Å². The molecule has 1 fully saturated rings. The van der Waals surface area contributed by atoms with E-state index in [9.17, 15) is 0 Å². The highest BCUT2D eigenvalue weighted by Gasteiger charge is 2.27. The molecule has 3 rings (SSSR count). The van der Waals surface area contributed by atoms with Crippen molar-refractivity contribution >= 4 is 11.3 Å². The summed E-state index contributed by atoms with van der Waals surface area (Å²) >= 11 is 2.12. The van der Waals surface area contributed by atoms with E-state index in [2.05, 4.69) is 29.6 Å². The summed E-state index contributed by atoms with van der Waals surface area (Å²) < 4.78 is 0. The Morgan fingerprint density at radius 1 is 1.16 bits per heavy atom. The third-order valence-corrected chi connectivity index (χ3v) is 6.19. The van der Waals surface area contributed by atoms with Gasteiger partial charge in [-0.25, -0.2) is 0 Å². The molecule has 0 aliphatic heterocycles. The monoisotopic (exact) mass is 277 g/mol. The minimum Gasteiger partial charge on any atom is -0.309 e. The van der Waals surface area contributed by atoms with E-state index in [0.29, 0.717) is 6.04 Å². The second-order valence-electron chi connectivity index (χ2n) is 6.24. The van der Waals surface area contributed by atoms with Crippen LogP contribution in [-0.4, -0.2) is 6.54 Å². The lowest BCUT2D eigenvalue weighted by atomic mass is 9.96. The lowest BCUT2D eigenvalue weighted by Crippen LogP contribution is -2.26. The summed E-state index contributed by atoms with van der Waals surface area (Å²) in [6.07, 6.45) is 12.6. The smallest absolute Gasteiger partial charge is 0.0443 e. The fourth-order valence-electron chi connectivity index (χ4n) is 3.85. The van der Waals surface area contributed by atoms with E-state index >= 15 is 0 Å². The minimum atomic E-state index is 0.643. The number of nitrogens with one attached hydrogen (secondary N) is 1. The van der Waals surface area contributed by atoms with Gasteiger partial charge in [-0.15, -0.1) is 11.3 Å². The molecule has 19 heavy (non-hydrogen) atoms. The van der Waals surface area contributed by atoms with E-state index in [0.717, 1.165) is 12.5 Å². The van der Waals surface area contributed by atoms with Gasteiger partial charge in [0.25, 0.3) is 0 Å². The van der Waals surface area contributed by atoms with Crippen molar-refractivity contribution in [1.29, 1.82) is 0 Å². The van der Waals surface area contributed by atoms with Gasteiger partial charge in [-0.3, -0.25) is 0 Å². The predicted octanol–water partition coefficient (Wildman–Crippen LogP) is 4.86. The third kappa shape index (κ3) is 3.05. The maximum absolute atomic E-state index is 3.78. The van der Waals surface area contributed by atoms with Gasteiger partial charge in [0.15, 0.2) is 0 Å². The van der Waals surface area contributed by atoms with Crippen LogP contribution in [0.2, 0.25) is 0 Å². The average Bonchev–Trinajstić information content (AvgIpc) is 3.02. The molecule has 2 aliphatic carbocycles. The van der Waals surface area contributed by atoms with Crippen molar-refractivity contribution in [2.45, 2.75) is 70.8 Å². The van der Waals surface area contributed by atoms with Gasteiger partial charge in [-0.1, -0.05) is 26.2 Å². The molecule has 1 N–H and O–H groups in total. The van der Waals surface area contributed by atoms with Crippen LogP contribution in [-0.2, 0) is 12.8 Å². The van der Waals surface area contributed by atoms with E-state index in [1.165, 1.54) is 57.8 Å². The molecule has 1 unspecified atom stereocenters. The SMILES string of the molecule is CCNC(c1cc2c(s1)CCCCC2)C1CCCC1. The zero-order valence-electron chi connectivity index (χ0n) is 12.2. The molecule has 0 bridgehead atoms. The van der Waals surface area contributed by atoms with Crippen LogP contribution in [0.4, 0.5) is 0 Å². The summed E-state index contributed by atoms with van der Waals surface area (Å²) in [5, 5.41) is 3.78. The van der Waals surface area contributed by atoms with Crippen LogP contribution in [0.15, 0.2) is 6.07 Å². The molecule has 2 heteroatoms. The molecule has 0 saturated heterocycles. The Bertz CT molecular complexity index is 380. The number of fused-ring (bicyclic) bond motifs is 1. The molecular weight excluding hydrogens is 250 g/mol. The minimum absolute atomic E-state index is 0.643. The molecule has 106 valence electrons. The highest BCUT2D eigenvalue weighted by molar-refractivity contribution is 7.12. The van der Waals surface area contributed by atoms with Crippen molar-refractivity contribution in [3.63, 3.8) is 0 Å². The summed E-state index contributed by atoms with van der Waals surface area (Å²) in [6.45, 7) is 3.35. The number of hydrogen-bond donors (Lipinski definition) is 1. The van der Waals surface area contributed by atoms with Gasteiger partial charge in [0.05, 0.1) is 0 Å². The number of hydrogen-bond acceptors (Lipinski definition) is 2. The zero-order chi connectivity index (χ0) is 13.1. The fraction of sp³-hybridized carbons (Fsp3) is 0.765. The maximum Gasteiger partial charge on any atom is 0.0443 e. The quantitative estimate of drug-likeness (QED) is 0.775. The van der Waals surface area contributed by atoms with E-state index < -0.39 is 0 Å². The molecule has 0 spiro atoms. The molecular formula is C17H27NS. The van der Waals surface area contributed by atoms with Crippen LogP contribution in [0, 0.1) is 5.92 Å². The van der Waals surface area contributed by atoms with Crippen LogP contribution < -0.4 is 5.32 Å². The molecule has 1 heterocycles. The highest BCUT2D eigenvalue weighted by atomic mass is 32.1. The third-order valence-electron chi connectivity index (χ3n) is 4.87. The van der Waals surface area contributed by atoms with Crippen molar-refractivity contribution in [3.05, 3.63) is 21.4 Å². The molecule has 2 aliphatic rings. The molecule has 1 atom stereocenters. The van der Waals surface area contributed by atoms with E-state index in [-0.39, 0.29) is 0 Å². The Kier molecular flexibility index (Phi) is 4.60. The summed E-state index contributed by atoms with van der Waals surface area (Å²) in [5.41, 5.74) is 1.68. The first-order chi connectivity index (χ1) is 9.38. The van der Waals surface area contributed by atoms with Gasteiger partial charge in [-0.2, -0.15) is 0 Å². The lowest BCUT2D eigenvalue weighted by Gasteiger charge is -2.23. The maximum atomic E-state index is 3.78. The molecule has 1 aromatic heterocycles. The molecule has 1 nitrogen and oxygen atoms in total. The lowest BCUT2D eigenvalue weighted by molar-refractivity contribution is 0.379. The Morgan fingerprint density at radius 3 is 2.74 bits per heavy atom. The normalized spacial score (nSPS) is 22.2. The predicted molar refractivity (Wildman–Crippen MR) is 84.0 cm³/mol. The second-order valence-corrected chi connectivity index (χ2v) is 7.41. The summed E-state index contributed by atoms with van der Waals surface area (Å²) in [5.74, 6) is 0.891. The fourth-order valence-corrected chi connectivity index (χ4v) is 5.28. The largest absolute Gasteiger partial charge is 0.309 e. The number of rotatable bonds is 4. The first kappa shape index (κ1) is 13.6. The Labute approximate surface area is 121 Å². The Hall–Kier alpha value is -0.340. The van der Waals surface area contributed by atoms with Gasteiger partial charge in [-0.05, 0) is 62.6 Å². The Morgan fingerprint density at radius 2 is 1.95 bits per heavy atom. The van der Waals surface area contributed by atoms with Gasteiger partial charge >= 0.3 is 0 Å². The number of aryl methyl sites for hydroxylation is 2. The molecule has 0 radical (unpaired) electrons. The van der Waals surface area contributed by atoms with Gasteiger partial charge in [0.2, 0.25) is 0 Å². The van der Waals surface area contributed by atoms with Crippen molar-refractivity contribution in [1.82, 2.24) is 5.32 Å². The highest BCUT2D eigenvalue weighted by Crippen LogP contribution is 2.40. The van der Waals surface area contributed by atoms with E-state index in [1.807, 2.05) is 0 Å². The van der Waals surface area contributed by atoms with Crippen LogP contribution in [0.3, 0.4) is 0 Å². The van der Waals surface area contributed by atoms with E-state index in [1.54, 1.807) is 15.3 Å². The van der Waals surface area contributed by atoms with Crippen molar-refractivity contribution in [2.24, 2.45) is 5.92 Å². The summed E-state index contributed by atoms with van der Waals surface area (Å²) in [7, 11) is 0. The molecule has 0 aromatic carbocycles. The van der Waals surface area contributed by atoms with Crippen LogP contribution in [0.1, 0.15) is 73.2 Å². The van der Waals surface area contributed by atoms with Crippen molar-refractivity contribution in [3.8, 4) is 0 Å². The first-order valence-corrected chi connectivity index (χ1v) is 9.05. The Balaban J connectivity index is 1.81. The van der Waals surface area contributed by atoms with Crippen LogP contribution in [0.5, 0.6) is 0 Å². The van der Waals surface area contributed by atoms with Gasteiger partial charge < -0.3 is 5.32 Å². The second kappa shape index (κ2) is 6.41. The van der Waals surface area contributed by atoms with Crippen LogP contribution >= 0.6 is 11.3 Å². The number of thiophene rings is 1. The summed E-state index contributed by atoms with van der Waals surface area (Å²) in [4.78, 5) is 3.34. The molecule has 0 amide bonds. The average molecular weight is 277 g/mol. The zero-order valence-corrected chi connectivity index (χ0v) is 13.0. The first-order valence-electron chi connectivity index (χ1n) is 8.23. The topological polar surface area (TPSA) is 12.0 Å². The van der Waals surface area contributed by atoms with Crippen molar-refractivity contribution < 1.29 is 0 Å². The summed E-state index contributed by atoms with van der Waals surface area (Å²) in [6, 6.07) is 3.20.